The van der Waals surface area contributed by atoms with Gasteiger partial charge in [0.2, 0.25) is 5.91 Å². The predicted octanol–water partition coefficient (Wildman–Crippen LogP) is 1.86. The van der Waals surface area contributed by atoms with E-state index in [1.165, 1.54) is 0 Å². The van der Waals surface area contributed by atoms with Gasteiger partial charge < -0.3 is 19.5 Å². The molecule has 1 aliphatic heterocycles. The highest BCUT2D eigenvalue weighted by Crippen LogP contribution is 2.32. The van der Waals surface area contributed by atoms with E-state index < -0.39 is 6.23 Å². The van der Waals surface area contributed by atoms with E-state index in [2.05, 4.69) is 16.4 Å². The van der Waals surface area contributed by atoms with Gasteiger partial charge in [0, 0.05) is 18.3 Å². The molecule has 1 amide bonds. The highest BCUT2D eigenvalue weighted by molar-refractivity contribution is 5.79. The number of rotatable bonds is 7. The van der Waals surface area contributed by atoms with E-state index in [9.17, 15) is 9.90 Å². The lowest BCUT2D eigenvalue weighted by atomic mass is 10.1. The summed E-state index contributed by atoms with van der Waals surface area (Å²) in [7, 11) is 3.13. The number of amides is 1. The van der Waals surface area contributed by atoms with E-state index in [0.29, 0.717) is 35.7 Å². The molecule has 1 unspecified atom stereocenters. The first kappa shape index (κ1) is 20.6. The maximum absolute atomic E-state index is 12.3. The van der Waals surface area contributed by atoms with E-state index in [4.69, 9.17) is 14.7 Å². The zero-order valence-electron chi connectivity index (χ0n) is 16.5. The maximum Gasteiger partial charge on any atom is 0.237 e. The van der Waals surface area contributed by atoms with Crippen molar-refractivity contribution in [2.75, 3.05) is 27.3 Å². The number of nitriles is 1. The van der Waals surface area contributed by atoms with Crippen molar-refractivity contribution in [1.29, 1.82) is 5.26 Å². The van der Waals surface area contributed by atoms with Gasteiger partial charge in [-0.05, 0) is 48.7 Å². The molecule has 3 rings (SSSR count). The Morgan fingerprint density at radius 3 is 2.86 bits per heavy atom. The van der Waals surface area contributed by atoms with Gasteiger partial charge in [0.05, 0.1) is 32.5 Å². The van der Waals surface area contributed by atoms with Gasteiger partial charge >= 0.3 is 0 Å². The molecule has 152 valence electrons. The summed E-state index contributed by atoms with van der Waals surface area (Å²) in [4.78, 5) is 18.2. The first-order valence-corrected chi connectivity index (χ1v) is 9.36. The minimum atomic E-state index is -1.04. The molecule has 0 saturated carbocycles. The number of methoxy groups -OCH3 is 2. The third-order valence-corrected chi connectivity index (χ3v) is 4.95. The molecule has 0 radical (unpaired) electrons. The second-order valence-corrected chi connectivity index (χ2v) is 6.70. The largest absolute Gasteiger partial charge is 0.493 e. The third kappa shape index (κ3) is 4.65. The molecule has 0 aliphatic carbocycles. The topological polar surface area (TPSA) is 108 Å². The monoisotopic (exact) mass is 396 g/mol. The smallest absolute Gasteiger partial charge is 0.237 e. The lowest BCUT2D eigenvalue weighted by Gasteiger charge is -2.21. The maximum atomic E-state index is 12.3. The first-order chi connectivity index (χ1) is 14.1. The number of aromatic nitrogens is 1. The highest BCUT2D eigenvalue weighted by Gasteiger charge is 2.28. The van der Waals surface area contributed by atoms with Crippen molar-refractivity contribution < 1.29 is 19.4 Å². The van der Waals surface area contributed by atoms with E-state index in [1.807, 2.05) is 12.1 Å². The highest BCUT2D eigenvalue weighted by atomic mass is 16.5. The summed E-state index contributed by atoms with van der Waals surface area (Å²) in [6, 6.07) is 10.6. The molecule has 2 heterocycles. The number of benzene rings is 1. The third-order valence-electron chi connectivity index (χ3n) is 4.95. The van der Waals surface area contributed by atoms with Crippen LogP contribution in [0.2, 0.25) is 0 Å². The second-order valence-electron chi connectivity index (χ2n) is 6.70. The number of aliphatic hydroxyl groups excluding tert-OH is 1. The Morgan fingerprint density at radius 1 is 1.34 bits per heavy atom. The quantitative estimate of drug-likeness (QED) is 0.688. The van der Waals surface area contributed by atoms with Gasteiger partial charge in [-0.25, -0.2) is 0 Å². The number of hydrogen-bond donors (Lipinski definition) is 2. The van der Waals surface area contributed by atoms with Crippen LogP contribution in [0.3, 0.4) is 0 Å². The number of ether oxygens (including phenoxy) is 2. The van der Waals surface area contributed by atoms with Crippen LogP contribution in [0.25, 0.3) is 11.3 Å². The molecule has 1 aliphatic rings. The Bertz CT molecular complexity index is 912. The fraction of sp³-hybridized carbons (Fsp3) is 0.381. The second kappa shape index (κ2) is 9.37. The van der Waals surface area contributed by atoms with Crippen LogP contribution in [0.5, 0.6) is 11.5 Å². The van der Waals surface area contributed by atoms with Crippen molar-refractivity contribution in [1.82, 2.24) is 15.2 Å². The van der Waals surface area contributed by atoms with E-state index in [1.54, 1.807) is 43.5 Å². The summed E-state index contributed by atoms with van der Waals surface area (Å²) in [5.41, 5.74) is 2.04. The Morgan fingerprint density at radius 2 is 2.14 bits per heavy atom. The van der Waals surface area contributed by atoms with Crippen LogP contribution in [-0.2, 0) is 4.79 Å². The molecule has 29 heavy (non-hydrogen) atoms. The Hall–Kier alpha value is -3.15. The van der Waals surface area contributed by atoms with Gasteiger partial charge in [-0.1, -0.05) is 0 Å². The van der Waals surface area contributed by atoms with Crippen LogP contribution < -0.4 is 14.8 Å². The molecule has 2 atom stereocenters. The Kier molecular flexibility index (Phi) is 6.65. The van der Waals surface area contributed by atoms with Crippen molar-refractivity contribution in [3.05, 3.63) is 42.1 Å². The van der Waals surface area contributed by atoms with Crippen molar-refractivity contribution in [3.63, 3.8) is 0 Å². The SMILES string of the molecule is COc1ccc(-c2cc(C(O)NCC(=O)N3CCC[C@H]3C#N)ccn2)cc1OC. The molecule has 0 spiro atoms. The Balaban J connectivity index is 1.69. The molecular weight excluding hydrogens is 372 g/mol. The summed E-state index contributed by atoms with van der Waals surface area (Å²) in [5.74, 6) is 1.01. The molecule has 2 N–H and O–H groups in total. The first-order valence-electron chi connectivity index (χ1n) is 9.36. The number of aliphatic hydroxyl groups is 1. The van der Waals surface area contributed by atoms with Crippen LogP contribution in [0.1, 0.15) is 24.6 Å². The van der Waals surface area contributed by atoms with Crippen LogP contribution >= 0.6 is 0 Å². The molecule has 1 aromatic carbocycles. The molecule has 1 saturated heterocycles. The molecule has 1 aromatic heterocycles. The predicted molar refractivity (Wildman–Crippen MR) is 106 cm³/mol. The fourth-order valence-electron chi connectivity index (χ4n) is 3.37. The minimum absolute atomic E-state index is 0.0483. The van der Waals surface area contributed by atoms with Gasteiger partial charge in [0.15, 0.2) is 11.5 Å². The Labute approximate surface area is 169 Å². The van der Waals surface area contributed by atoms with Gasteiger partial charge in [0.1, 0.15) is 12.3 Å². The summed E-state index contributed by atoms with van der Waals surface area (Å²) in [6.45, 7) is 0.529. The van der Waals surface area contributed by atoms with Crippen LogP contribution in [0.4, 0.5) is 0 Å². The lowest BCUT2D eigenvalue weighted by Crippen LogP contribution is -2.41. The molecular formula is C21H24N4O4. The van der Waals surface area contributed by atoms with Crippen LogP contribution in [0, 0.1) is 11.3 Å². The number of carbonyl (C=O) groups is 1. The van der Waals surface area contributed by atoms with Crippen LogP contribution in [0.15, 0.2) is 36.5 Å². The lowest BCUT2D eigenvalue weighted by molar-refractivity contribution is -0.130. The zero-order chi connectivity index (χ0) is 20.8. The standard InChI is InChI=1S/C21H24N4O4/c1-28-18-6-5-14(11-19(18)29-2)17-10-15(7-8-23-17)21(27)24-13-20(26)25-9-3-4-16(25)12-22/h5-8,10-11,16,21,24,27H,3-4,9,13H2,1-2H3/t16-,21?/m0/s1. The average molecular weight is 396 g/mol. The number of pyridine rings is 1. The zero-order valence-corrected chi connectivity index (χ0v) is 16.5. The molecule has 1 fully saturated rings. The van der Waals surface area contributed by atoms with Gasteiger partial charge in [-0.2, -0.15) is 5.26 Å². The number of carbonyl (C=O) groups excluding carboxylic acids is 1. The van der Waals surface area contributed by atoms with Crippen molar-refractivity contribution in [2.45, 2.75) is 25.1 Å². The molecule has 0 bridgehead atoms. The van der Waals surface area contributed by atoms with Gasteiger partial charge in [-0.3, -0.25) is 15.1 Å². The van der Waals surface area contributed by atoms with Gasteiger partial charge in [-0.15, -0.1) is 0 Å². The number of hydrogen-bond acceptors (Lipinski definition) is 7. The number of nitrogens with one attached hydrogen (secondary N) is 1. The molecule has 2 aromatic rings. The van der Waals surface area contributed by atoms with Gasteiger partial charge in [0.25, 0.3) is 0 Å². The summed E-state index contributed by atoms with van der Waals surface area (Å²) in [6.07, 6.45) is 2.08. The summed E-state index contributed by atoms with van der Waals surface area (Å²) in [5, 5.41) is 22.4. The van der Waals surface area contributed by atoms with Crippen molar-refractivity contribution >= 4 is 5.91 Å². The van der Waals surface area contributed by atoms with E-state index >= 15 is 0 Å². The average Bonchev–Trinajstić information content (AvgIpc) is 3.25. The fourth-order valence-corrected chi connectivity index (χ4v) is 3.37. The van der Waals surface area contributed by atoms with Crippen molar-refractivity contribution in [3.8, 4) is 28.8 Å². The van der Waals surface area contributed by atoms with E-state index in [0.717, 1.165) is 12.0 Å². The summed E-state index contributed by atoms with van der Waals surface area (Å²) >= 11 is 0. The number of nitrogens with zero attached hydrogens (tertiary/aromatic N) is 3. The molecule has 8 nitrogen and oxygen atoms in total. The van der Waals surface area contributed by atoms with Crippen LogP contribution in [-0.4, -0.2) is 54.2 Å². The van der Waals surface area contributed by atoms with Crippen molar-refractivity contribution in [2.24, 2.45) is 0 Å². The number of likely N-dealkylation sites (tertiary alicyclic amines) is 1. The van der Waals surface area contributed by atoms with E-state index in [-0.39, 0.29) is 18.5 Å². The minimum Gasteiger partial charge on any atom is -0.493 e. The molecule has 8 heteroatoms. The normalized spacial score (nSPS) is 16.9. The summed E-state index contributed by atoms with van der Waals surface area (Å²) < 4.78 is 10.6.